The van der Waals surface area contributed by atoms with Crippen molar-refractivity contribution in [2.45, 2.75) is 0 Å². The molecule has 0 amide bonds. The lowest BCUT2D eigenvalue weighted by Gasteiger charge is -2.05. The molecule has 5 nitrogen and oxygen atoms in total. The Hall–Kier alpha value is -2.82. The molecule has 0 atom stereocenters. The molecule has 3 aromatic rings. The van der Waals surface area contributed by atoms with Crippen molar-refractivity contribution in [1.29, 1.82) is 0 Å². The van der Waals surface area contributed by atoms with E-state index in [-0.39, 0.29) is 5.56 Å². The molecule has 0 aliphatic carbocycles. The standard InChI is InChI=1S/C16H15N3O2/c1-18-15(12-7-4-3-5-8-12)14(16(20)19(18)2)17-11-13-9-6-10-21-13/h3-11H,1-2H3. The molecule has 0 aliphatic heterocycles. The smallest absolute Gasteiger partial charge is 0.292 e. The Kier molecular flexibility index (Phi) is 3.31. The van der Waals surface area contributed by atoms with Gasteiger partial charge in [-0.1, -0.05) is 30.3 Å². The highest BCUT2D eigenvalue weighted by Crippen LogP contribution is 2.27. The normalized spacial score (nSPS) is 11.3. The lowest BCUT2D eigenvalue weighted by molar-refractivity contribution is 0.560. The van der Waals surface area contributed by atoms with E-state index >= 15 is 0 Å². The minimum absolute atomic E-state index is 0.140. The van der Waals surface area contributed by atoms with Crippen LogP contribution < -0.4 is 5.56 Å². The maximum absolute atomic E-state index is 12.3. The molecule has 2 heterocycles. The SMILES string of the molecule is Cn1c(-c2ccccc2)c(N=Cc2ccco2)c(=O)n1C. The molecule has 2 aromatic heterocycles. The summed E-state index contributed by atoms with van der Waals surface area (Å²) in [4.78, 5) is 16.7. The Labute approximate surface area is 121 Å². The molecule has 0 saturated heterocycles. The summed E-state index contributed by atoms with van der Waals surface area (Å²) >= 11 is 0. The maximum atomic E-state index is 12.3. The van der Waals surface area contributed by atoms with Crippen molar-refractivity contribution in [2.24, 2.45) is 19.1 Å². The molecule has 5 heteroatoms. The van der Waals surface area contributed by atoms with Gasteiger partial charge in [-0.2, -0.15) is 0 Å². The van der Waals surface area contributed by atoms with E-state index in [2.05, 4.69) is 4.99 Å². The van der Waals surface area contributed by atoms with Crippen molar-refractivity contribution in [3.8, 4) is 11.3 Å². The monoisotopic (exact) mass is 281 g/mol. The third kappa shape index (κ3) is 2.33. The zero-order valence-corrected chi connectivity index (χ0v) is 11.9. The van der Waals surface area contributed by atoms with Crippen molar-refractivity contribution >= 4 is 11.9 Å². The lowest BCUT2D eigenvalue weighted by atomic mass is 10.1. The fourth-order valence-corrected chi connectivity index (χ4v) is 2.22. The Morgan fingerprint density at radius 1 is 1.05 bits per heavy atom. The average Bonchev–Trinajstić information content (AvgIpc) is 3.09. The van der Waals surface area contributed by atoms with Crippen molar-refractivity contribution in [3.63, 3.8) is 0 Å². The van der Waals surface area contributed by atoms with E-state index in [0.29, 0.717) is 11.4 Å². The van der Waals surface area contributed by atoms with Gasteiger partial charge >= 0.3 is 0 Å². The van der Waals surface area contributed by atoms with Crippen LogP contribution in [0, 0.1) is 0 Å². The topological polar surface area (TPSA) is 52.4 Å². The van der Waals surface area contributed by atoms with Gasteiger partial charge in [0.1, 0.15) is 5.76 Å². The summed E-state index contributed by atoms with van der Waals surface area (Å²) in [5, 5.41) is 0. The molecule has 1 aromatic carbocycles. The van der Waals surface area contributed by atoms with E-state index in [1.54, 1.807) is 36.3 Å². The van der Waals surface area contributed by atoms with Crippen LogP contribution in [0.2, 0.25) is 0 Å². The molecule has 0 radical (unpaired) electrons. The van der Waals surface area contributed by atoms with Gasteiger partial charge in [0.2, 0.25) is 0 Å². The lowest BCUT2D eigenvalue weighted by Crippen LogP contribution is -2.16. The van der Waals surface area contributed by atoms with Crippen molar-refractivity contribution in [3.05, 3.63) is 64.8 Å². The molecule has 106 valence electrons. The molecule has 0 N–H and O–H groups in total. The largest absolute Gasteiger partial charge is 0.463 e. The van der Waals surface area contributed by atoms with Gasteiger partial charge < -0.3 is 4.42 Å². The Balaban J connectivity index is 2.16. The summed E-state index contributed by atoms with van der Waals surface area (Å²) in [6.07, 6.45) is 3.13. The van der Waals surface area contributed by atoms with Crippen LogP contribution in [0.4, 0.5) is 5.69 Å². The minimum Gasteiger partial charge on any atom is -0.463 e. The summed E-state index contributed by atoms with van der Waals surface area (Å²) < 4.78 is 8.55. The quantitative estimate of drug-likeness (QED) is 0.693. The summed E-state index contributed by atoms with van der Waals surface area (Å²) in [6.45, 7) is 0. The van der Waals surface area contributed by atoms with Crippen molar-refractivity contribution in [2.75, 3.05) is 0 Å². The van der Waals surface area contributed by atoms with E-state index in [0.717, 1.165) is 11.3 Å². The molecular formula is C16H15N3O2. The van der Waals surface area contributed by atoms with Crippen LogP contribution in [-0.2, 0) is 14.1 Å². The molecule has 21 heavy (non-hydrogen) atoms. The molecule has 0 aliphatic rings. The van der Waals surface area contributed by atoms with Crippen LogP contribution in [0.25, 0.3) is 11.3 Å². The van der Waals surface area contributed by atoms with Crippen molar-refractivity contribution < 1.29 is 4.42 Å². The number of furan rings is 1. The fraction of sp³-hybridized carbons (Fsp3) is 0.125. The van der Waals surface area contributed by atoms with E-state index < -0.39 is 0 Å². The predicted molar refractivity (Wildman–Crippen MR) is 82.1 cm³/mol. The number of benzene rings is 1. The second kappa shape index (κ2) is 5.28. The second-order valence-electron chi connectivity index (χ2n) is 4.69. The van der Waals surface area contributed by atoms with Gasteiger partial charge in [0, 0.05) is 19.7 Å². The van der Waals surface area contributed by atoms with Gasteiger partial charge in [-0.05, 0) is 12.1 Å². The highest BCUT2D eigenvalue weighted by Gasteiger charge is 2.16. The first-order chi connectivity index (χ1) is 10.2. The van der Waals surface area contributed by atoms with E-state index in [1.165, 1.54) is 4.68 Å². The second-order valence-corrected chi connectivity index (χ2v) is 4.69. The van der Waals surface area contributed by atoms with Gasteiger partial charge in [-0.3, -0.25) is 14.2 Å². The average molecular weight is 281 g/mol. The first-order valence-corrected chi connectivity index (χ1v) is 6.57. The maximum Gasteiger partial charge on any atom is 0.292 e. The highest BCUT2D eigenvalue weighted by atomic mass is 16.3. The first kappa shape index (κ1) is 13.2. The minimum atomic E-state index is -0.140. The summed E-state index contributed by atoms with van der Waals surface area (Å²) in [5.74, 6) is 0.611. The number of hydrogen-bond acceptors (Lipinski definition) is 3. The summed E-state index contributed by atoms with van der Waals surface area (Å²) in [6, 6.07) is 13.3. The molecule has 3 rings (SSSR count). The number of nitrogens with zero attached hydrogens (tertiary/aromatic N) is 3. The predicted octanol–water partition coefficient (Wildman–Crippen LogP) is 2.73. The Bertz CT molecular complexity index is 825. The van der Waals surface area contributed by atoms with Crippen LogP contribution in [0.15, 0.2) is 62.9 Å². The molecular weight excluding hydrogens is 266 g/mol. The number of aromatic nitrogens is 2. The van der Waals surface area contributed by atoms with Gasteiger partial charge in [-0.25, -0.2) is 4.99 Å². The van der Waals surface area contributed by atoms with E-state index in [1.807, 2.05) is 37.4 Å². The molecule has 0 fully saturated rings. The molecule has 0 bridgehead atoms. The Morgan fingerprint density at radius 3 is 2.48 bits per heavy atom. The van der Waals surface area contributed by atoms with Gasteiger partial charge in [0.05, 0.1) is 18.2 Å². The van der Waals surface area contributed by atoms with Gasteiger partial charge in [-0.15, -0.1) is 0 Å². The number of aliphatic imine (C=N–C) groups is 1. The third-order valence-electron chi connectivity index (χ3n) is 3.41. The highest BCUT2D eigenvalue weighted by molar-refractivity contribution is 5.82. The zero-order valence-electron chi connectivity index (χ0n) is 11.9. The summed E-state index contributed by atoms with van der Waals surface area (Å²) in [5.41, 5.74) is 2.00. The summed E-state index contributed by atoms with van der Waals surface area (Å²) in [7, 11) is 3.57. The van der Waals surface area contributed by atoms with Crippen LogP contribution in [0.5, 0.6) is 0 Å². The molecule has 0 spiro atoms. The van der Waals surface area contributed by atoms with Crippen molar-refractivity contribution in [1.82, 2.24) is 9.36 Å². The fourth-order valence-electron chi connectivity index (χ4n) is 2.22. The Morgan fingerprint density at radius 2 is 1.81 bits per heavy atom. The number of hydrogen-bond donors (Lipinski definition) is 0. The first-order valence-electron chi connectivity index (χ1n) is 6.57. The number of rotatable bonds is 3. The van der Waals surface area contributed by atoms with Gasteiger partial charge in [0.15, 0.2) is 5.69 Å². The van der Waals surface area contributed by atoms with E-state index in [4.69, 9.17) is 4.42 Å². The third-order valence-corrected chi connectivity index (χ3v) is 3.41. The van der Waals surface area contributed by atoms with Crippen LogP contribution >= 0.6 is 0 Å². The van der Waals surface area contributed by atoms with Gasteiger partial charge in [0.25, 0.3) is 5.56 Å². The van der Waals surface area contributed by atoms with Crippen LogP contribution in [0.1, 0.15) is 5.76 Å². The van der Waals surface area contributed by atoms with Crippen LogP contribution in [-0.4, -0.2) is 15.6 Å². The van der Waals surface area contributed by atoms with Crippen LogP contribution in [0.3, 0.4) is 0 Å². The molecule has 0 unspecified atom stereocenters. The van der Waals surface area contributed by atoms with E-state index in [9.17, 15) is 4.79 Å². The molecule has 0 saturated carbocycles. The zero-order chi connectivity index (χ0) is 14.8.